The molecule has 0 saturated carbocycles. The molecule has 0 radical (unpaired) electrons. The van der Waals surface area contributed by atoms with Crippen LogP contribution in [-0.2, 0) is 14.8 Å². The van der Waals surface area contributed by atoms with Gasteiger partial charge in [0, 0.05) is 13.0 Å². The number of benzene rings is 1. The topological polar surface area (TPSA) is 63.7 Å². The van der Waals surface area contributed by atoms with Gasteiger partial charge < -0.3 is 4.74 Å². The third-order valence-electron chi connectivity index (χ3n) is 3.53. The number of ether oxygens (including phenoxy) is 1. The van der Waals surface area contributed by atoms with Crippen LogP contribution in [0.5, 0.6) is 5.75 Å². The average Bonchev–Trinajstić information content (AvgIpc) is 2.78. The third-order valence-corrected chi connectivity index (χ3v) is 5.39. The maximum atomic E-state index is 12.2. The van der Waals surface area contributed by atoms with E-state index in [0.29, 0.717) is 13.0 Å². The molecule has 1 aromatic carbocycles. The van der Waals surface area contributed by atoms with Crippen molar-refractivity contribution >= 4 is 15.9 Å². The maximum absolute atomic E-state index is 12.2. The van der Waals surface area contributed by atoms with Gasteiger partial charge in [0.05, 0.1) is 12.9 Å². The summed E-state index contributed by atoms with van der Waals surface area (Å²) in [6.45, 7) is 2.21. The predicted molar refractivity (Wildman–Crippen MR) is 76.1 cm³/mol. The van der Waals surface area contributed by atoms with Crippen molar-refractivity contribution < 1.29 is 17.9 Å². The van der Waals surface area contributed by atoms with Crippen LogP contribution in [0.3, 0.4) is 0 Å². The van der Waals surface area contributed by atoms with E-state index in [0.717, 1.165) is 15.6 Å². The quantitative estimate of drug-likeness (QED) is 0.849. The summed E-state index contributed by atoms with van der Waals surface area (Å²) < 4.78 is 29.7. The van der Waals surface area contributed by atoms with E-state index in [1.165, 1.54) is 0 Å². The zero-order valence-corrected chi connectivity index (χ0v) is 12.5. The molecule has 20 heavy (non-hydrogen) atoms. The molecule has 110 valence electrons. The molecule has 1 fully saturated rings. The Morgan fingerprint density at radius 3 is 2.70 bits per heavy atom. The van der Waals surface area contributed by atoms with E-state index in [2.05, 4.69) is 0 Å². The van der Waals surface area contributed by atoms with Gasteiger partial charge in [-0.25, -0.2) is 12.7 Å². The Bertz CT molecular complexity index is 597. The van der Waals surface area contributed by atoms with Gasteiger partial charge in [0.25, 0.3) is 0 Å². The van der Waals surface area contributed by atoms with E-state index in [4.69, 9.17) is 4.74 Å². The molecular formula is C14H19NO4S. The Morgan fingerprint density at radius 2 is 2.10 bits per heavy atom. The maximum Gasteiger partial charge on any atom is 0.237 e. The minimum Gasteiger partial charge on any atom is -0.496 e. The van der Waals surface area contributed by atoms with Crippen molar-refractivity contribution in [1.29, 1.82) is 0 Å². The molecule has 6 heteroatoms. The van der Waals surface area contributed by atoms with Crippen LogP contribution in [0.4, 0.5) is 0 Å². The first-order valence-electron chi connectivity index (χ1n) is 6.62. The van der Waals surface area contributed by atoms with Gasteiger partial charge in [0.2, 0.25) is 15.9 Å². The van der Waals surface area contributed by atoms with Crippen molar-refractivity contribution in [1.82, 2.24) is 4.31 Å². The summed E-state index contributed by atoms with van der Waals surface area (Å²) in [5.41, 5.74) is 0.917. The van der Waals surface area contributed by atoms with Crippen molar-refractivity contribution in [3.05, 3.63) is 29.8 Å². The van der Waals surface area contributed by atoms with E-state index < -0.39 is 10.0 Å². The molecule has 1 aromatic rings. The second-order valence-electron chi connectivity index (χ2n) is 4.98. The van der Waals surface area contributed by atoms with E-state index in [1.54, 1.807) is 7.11 Å². The Balaban J connectivity index is 2.12. The first kappa shape index (κ1) is 14.8. The van der Waals surface area contributed by atoms with Gasteiger partial charge >= 0.3 is 0 Å². The molecule has 0 bridgehead atoms. The lowest BCUT2D eigenvalue weighted by Crippen LogP contribution is -2.33. The second kappa shape index (κ2) is 5.83. The Morgan fingerprint density at radius 1 is 1.40 bits per heavy atom. The molecule has 0 aliphatic carbocycles. The number of methoxy groups -OCH3 is 1. The summed E-state index contributed by atoms with van der Waals surface area (Å²) in [6.07, 6.45) is 0.691. The second-order valence-corrected chi connectivity index (χ2v) is 7.00. The smallest absolute Gasteiger partial charge is 0.237 e. The Kier molecular flexibility index (Phi) is 4.32. The summed E-state index contributed by atoms with van der Waals surface area (Å²) in [6, 6.07) is 7.48. The van der Waals surface area contributed by atoms with Crippen LogP contribution in [-0.4, -0.2) is 38.0 Å². The normalized spacial score (nSPS) is 18.8. The first-order chi connectivity index (χ1) is 9.45. The first-order valence-corrected chi connectivity index (χ1v) is 8.23. The van der Waals surface area contributed by atoms with Crippen molar-refractivity contribution in [3.63, 3.8) is 0 Å². The molecule has 1 heterocycles. The third kappa shape index (κ3) is 2.95. The van der Waals surface area contributed by atoms with Crippen LogP contribution in [0.15, 0.2) is 24.3 Å². The lowest BCUT2D eigenvalue weighted by atomic mass is 9.96. The number of carbonyl (C=O) groups excluding carboxylic acids is 1. The fourth-order valence-electron chi connectivity index (χ4n) is 2.47. The van der Waals surface area contributed by atoms with E-state index in [-0.39, 0.29) is 24.0 Å². The number of para-hydroxylation sites is 1. The molecule has 1 aliphatic rings. The molecule has 2 rings (SSSR count). The molecule has 1 saturated heterocycles. The summed E-state index contributed by atoms with van der Waals surface area (Å²) in [4.78, 5) is 12.2. The lowest BCUT2D eigenvalue weighted by molar-refractivity contribution is -0.126. The van der Waals surface area contributed by atoms with Crippen molar-refractivity contribution in [2.75, 3.05) is 19.4 Å². The molecule has 0 aromatic heterocycles. The standard InChI is InChI=1S/C14H19NO4S/c1-11(12-6-3-4-7-13(12)19-2)10-14(16)15-8-5-9-20(15,17)18/h3-4,6-7,11H,5,8-10H2,1-2H3. The van der Waals surface area contributed by atoms with E-state index >= 15 is 0 Å². The summed E-state index contributed by atoms with van der Waals surface area (Å²) in [5.74, 6) is 0.370. The number of carbonyl (C=O) groups is 1. The predicted octanol–water partition coefficient (Wildman–Crippen LogP) is 1.75. The Hall–Kier alpha value is -1.56. The van der Waals surface area contributed by atoms with Gasteiger partial charge in [-0.1, -0.05) is 25.1 Å². The van der Waals surface area contributed by atoms with Gasteiger partial charge in [-0.15, -0.1) is 0 Å². The highest BCUT2D eigenvalue weighted by Crippen LogP contribution is 2.29. The van der Waals surface area contributed by atoms with Crippen LogP contribution in [0.25, 0.3) is 0 Å². The number of sulfonamides is 1. The van der Waals surface area contributed by atoms with Gasteiger partial charge in [-0.05, 0) is 24.0 Å². The molecular weight excluding hydrogens is 278 g/mol. The minimum absolute atomic E-state index is 0.0712. The van der Waals surface area contributed by atoms with Crippen LogP contribution in [0.1, 0.15) is 31.2 Å². The SMILES string of the molecule is COc1ccccc1C(C)CC(=O)N1CCCS1(=O)=O. The molecule has 0 spiro atoms. The summed E-state index contributed by atoms with van der Waals surface area (Å²) in [5, 5.41) is 0. The molecule has 1 atom stereocenters. The highest BCUT2D eigenvalue weighted by molar-refractivity contribution is 7.89. The monoisotopic (exact) mass is 297 g/mol. The highest BCUT2D eigenvalue weighted by atomic mass is 32.2. The van der Waals surface area contributed by atoms with Gasteiger partial charge in [-0.3, -0.25) is 4.79 Å². The van der Waals surface area contributed by atoms with E-state index in [1.807, 2.05) is 31.2 Å². The molecule has 1 amide bonds. The van der Waals surface area contributed by atoms with Crippen molar-refractivity contribution in [3.8, 4) is 5.75 Å². The van der Waals surface area contributed by atoms with Crippen molar-refractivity contribution in [2.45, 2.75) is 25.7 Å². The van der Waals surface area contributed by atoms with Gasteiger partial charge in [0.15, 0.2) is 0 Å². The number of rotatable bonds is 4. The van der Waals surface area contributed by atoms with Gasteiger partial charge in [-0.2, -0.15) is 0 Å². The van der Waals surface area contributed by atoms with Gasteiger partial charge in [0.1, 0.15) is 5.75 Å². The summed E-state index contributed by atoms with van der Waals surface area (Å²) >= 11 is 0. The highest BCUT2D eigenvalue weighted by Gasteiger charge is 2.33. The zero-order chi connectivity index (χ0) is 14.8. The molecule has 1 unspecified atom stereocenters. The fraction of sp³-hybridized carbons (Fsp3) is 0.500. The van der Waals surface area contributed by atoms with Crippen molar-refractivity contribution in [2.24, 2.45) is 0 Å². The molecule has 0 N–H and O–H groups in total. The zero-order valence-electron chi connectivity index (χ0n) is 11.7. The molecule has 1 aliphatic heterocycles. The van der Waals surface area contributed by atoms with Crippen LogP contribution in [0.2, 0.25) is 0 Å². The molecule has 5 nitrogen and oxygen atoms in total. The number of hydrogen-bond donors (Lipinski definition) is 0. The lowest BCUT2D eigenvalue weighted by Gasteiger charge is -2.19. The summed E-state index contributed by atoms with van der Waals surface area (Å²) in [7, 11) is -1.80. The van der Waals surface area contributed by atoms with Crippen LogP contribution >= 0.6 is 0 Å². The van der Waals surface area contributed by atoms with E-state index in [9.17, 15) is 13.2 Å². The largest absolute Gasteiger partial charge is 0.496 e. The fourth-order valence-corrected chi connectivity index (χ4v) is 3.97. The minimum atomic E-state index is -3.38. The average molecular weight is 297 g/mol. The van der Waals surface area contributed by atoms with Crippen LogP contribution < -0.4 is 4.74 Å². The van der Waals surface area contributed by atoms with Crippen LogP contribution in [0, 0.1) is 0 Å². The number of nitrogens with zero attached hydrogens (tertiary/aromatic N) is 1. The number of amides is 1. The Labute approximate surface area is 119 Å². The number of hydrogen-bond acceptors (Lipinski definition) is 4.